The van der Waals surface area contributed by atoms with Crippen molar-refractivity contribution in [3.63, 3.8) is 0 Å². The van der Waals surface area contributed by atoms with Crippen molar-refractivity contribution in [2.24, 2.45) is 0 Å². The zero-order valence-electron chi connectivity index (χ0n) is 12.2. The van der Waals surface area contributed by atoms with Crippen molar-refractivity contribution in [2.75, 3.05) is 24.7 Å². The second-order valence-electron chi connectivity index (χ2n) is 4.58. The summed E-state index contributed by atoms with van der Waals surface area (Å²) in [5.41, 5.74) is 0.289. The van der Waals surface area contributed by atoms with Gasteiger partial charge in [0.15, 0.2) is 5.69 Å². The van der Waals surface area contributed by atoms with Crippen LogP contribution in [-0.2, 0) is 10.8 Å². The molecule has 0 saturated heterocycles. The maximum atomic E-state index is 11.8. The smallest absolute Gasteiger partial charge is 0.271 e. The molecule has 0 aliphatic heterocycles. The van der Waals surface area contributed by atoms with Crippen LogP contribution in [0.3, 0.4) is 0 Å². The van der Waals surface area contributed by atoms with E-state index in [0.29, 0.717) is 18.8 Å². The van der Waals surface area contributed by atoms with Gasteiger partial charge in [-0.3, -0.25) is 9.00 Å². The minimum atomic E-state index is -0.864. The zero-order chi connectivity index (χ0) is 15.0. The Labute approximate surface area is 122 Å². The highest BCUT2D eigenvalue weighted by atomic mass is 32.2. The number of carbonyl (C=O) groups is 1. The summed E-state index contributed by atoms with van der Waals surface area (Å²) >= 11 is 0. The minimum absolute atomic E-state index is 0.0713. The lowest BCUT2D eigenvalue weighted by Crippen LogP contribution is -2.28. The molecule has 0 aliphatic carbocycles. The van der Waals surface area contributed by atoms with Crippen LogP contribution in [0.25, 0.3) is 0 Å². The summed E-state index contributed by atoms with van der Waals surface area (Å²) in [4.78, 5) is 11.8. The van der Waals surface area contributed by atoms with Gasteiger partial charge >= 0.3 is 0 Å². The van der Waals surface area contributed by atoms with Crippen LogP contribution < -0.4 is 10.6 Å². The Morgan fingerprint density at radius 3 is 2.65 bits per heavy atom. The molecule has 0 saturated carbocycles. The fourth-order valence-electron chi connectivity index (χ4n) is 1.45. The van der Waals surface area contributed by atoms with Gasteiger partial charge < -0.3 is 10.6 Å². The van der Waals surface area contributed by atoms with Crippen LogP contribution in [0.15, 0.2) is 12.1 Å². The first kappa shape index (κ1) is 16.6. The molecule has 1 rings (SSSR count). The van der Waals surface area contributed by atoms with Crippen molar-refractivity contribution < 1.29 is 9.00 Å². The number of nitrogens with one attached hydrogen (secondary N) is 2. The van der Waals surface area contributed by atoms with E-state index in [1.807, 2.05) is 6.92 Å². The molecule has 112 valence electrons. The molecular weight excluding hydrogens is 276 g/mol. The van der Waals surface area contributed by atoms with Gasteiger partial charge in [0, 0.05) is 35.4 Å². The van der Waals surface area contributed by atoms with Gasteiger partial charge in [-0.2, -0.15) is 0 Å². The van der Waals surface area contributed by atoms with Crippen molar-refractivity contribution >= 4 is 22.5 Å². The number of rotatable bonds is 8. The second kappa shape index (κ2) is 8.63. The monoisotopic (exact) mass is 298 g/mol. The molecule has 7 heteroatoms. The Hall–Kier alpha value is -1.50. The number of nitrogens with zero attached hydrogens (tertiary/aromatic N) is 2. The largest absolute Gasteiger partial charge is 0.369 e. The molecule has 1 amide bonds. The molecule has 0 spiro atoms. The summed E-state index contributed by atoms with van der Waals surface area (Å²) in [7, 11) is -0.864. The van der Waals surface area contributed by atoms with Gasteiger partial charge in [-0.25, -0.2) is 0 Å². The van der Waals surface area contributed by atoms with E-state index in [9.17, 15) is 9.00 Å². The van der Waals surface area contributed by atoms with E-state index in [1.54, 1.807) is 18.4 Å². The molecule has 1 aromatic heterocycles. The van der Waals surface area contributed by atoms with Gasteiger partial charge in [0.25, 0.3) is 5.91 Å². The predicted octanol–water partition coefficient (Wildman–Crippen LogP) is 1.19. The molecule has 0 radical (unpaired) electrons. The Morgan fingerprint density at radius 2 is 2.10 bits per heavy atom. The first-order valence-corrected chi connectivity index (χ1v) is 8.34. The van der Waals surface area contributed by atoms with E-state index in [4.69, 9.17) is 0 Å². The zero-order valence-corrected chi connectivity index (χ0v) is 13.0. The van der Waals surface area contributed by atoms with Gasteiger partial charge in [-0.05, 0) is 25.0 Å². The Kier molecular flexibility index (Phi) is 7.14. The van der Waals surface area contributed by atoms with Gasteiger partial charge in [0.05, 0.1) is 0 Å². The summed E-state index contributed by atoms with van der Waals surface area (Å²) in [6, 6.07) is 3.38. The highest BCUT2D eigenvalue weighted by Gasteiger charge is 2.10. The SMILES string of the molecule is CCCNc1ccc(C(=O)NCCC(C)S(C)=O)nn1. The maximum Gasteiger partial charge on any atom is 0.271 e. The molecule has 0 aromatic carbocycles. The Morgan fingerprint density at radius 1 is 1.35 bits per heavy atom. The van der Waals surface area contributed by atoms with Gasteiger partial charge in [0.2, 0.25) is 0 Å². The topological polar surface area (TPSA) is 84.0 Å². The third-order valence-electron chi connectivity index (χ3n) is 2.86. The van der Waals surface area contributed by atoms with Crippen molar-refractivity contribution in [3.8, 4) is 0 Å². The molecule has 2 unspecified atom stereocenters. The standard InChI is InChI=1S/C13H22N4O2S/c1-4-8-14-12-6-5-11(16-17-12)13(18)15-9-7-10(2)20(3)19/h5-6,10H,4,7-9H2,1-3H3,(H,14,17)(H,15,18). The van der Waals surface area contributed by atoms with Crippen LogP contribution in [-0.4, -0.2) is 44.9 Å². The third-order valence-corrected chi connectivity index (χ3v) is 4.23. The second-order valence-corrected chi connectivity index (χ2v) is 6.39. The van der Waals surface area contributed by atoms with Gasteiger partial charge in [0.1, 0.15) is 5.82 Å². The average Bonchev–Trinajstić information content (AvgIpc) is 2.45. The van der Waals surface area contributed by atoms with Crippen molar-refractivity contribution in [1.29, 1.82) is 0 Å². The summed E-state index contributed by atoms with van der Waals surface area (Å²) in [6.45, 7) is 5.27. The minimum Gasteiger partial charge on any atom is -0.369 e. The maximum absolute atomic E-state index is 11.8. The summed E-state index contributed by atoms with van der Waals surface area (Å²) in [6.07, 6.45) is 3.35. The van der Waals surface area contributed by atoms with E-state index >= 15 is 0 Å². The molecule has 1 heterocycles. The number of hydrogen-bond donors (Lipinski definition) is 2. The van der Waals surface area contributed by atoms with Crippen LogP contribution in [0.4, 0.5) is 5.82 Å². The molecule has 0 bridgehead atoms. The summed E-state index contributed by atoms with van der Waals surface area (Å²) in [5.74, 6) is 0.409. The molecule has 2 atom stereocenters. The highest BCUT2D eigenvalue weighted by molar-refractivity contribution is 7.84. The fraction of sp³-hybridized carbons (Fsp3) is 0.615. The third kappa shape index (κ3) is 5.64. The van der Waals surface area contributed by atoms with Crippen molar-refractivity contribution in [2.45, 2.75) is 31.9 Å². The molecule has 6 nitrogen and oxygen atoms in total. The Balaban J connectivity index is 2.41. The lowest BCUT2D eigenvalue weighted by atomic mass is 10.3. The summed E-state index contributed by atoms with van der Waals surface area (Å²) < 4.78 is 11.2. The lowest BCUT2D eigenvalue weighted by molar-refractivity contribution is 0.0947. The van der Waals surface area contributed by atoms with Crippen molar-refractivity contribution in [3.05, 3.63) is 17.8 Å². The van der Waals surface area contributed by atoms with E-state index in [-0.39, 0.29) is 16.9 Å². The fourth-order valence-corrected chi connectivity index (χ4v) is 1.90. The van der Waals surface area contributed by atoms with Crippen LogP contribution in [0.1, 0.15) is 37.2 Å². The quantitative estimate of drug-likeness (QED) is 0.753. The number of aromatic nitrogens is 2. The first-order chi connectivity index (χ1) is 9.54. The van der Waals surface area contributed by atoms with Crippen LogP contribution in [0, 0.1) is 0 Å². The lowest BCUT2D eigenvalue weighted by Gasteiger charge is -2.09. The highest BCUT2D eigenvalue weighted by Crippen LogP contribution is 2.02. The number of amides is 1. The van der Waals surface area contributed by atoms with Crippen LogP contribution >= 0.6 is 0 Å². The molecule has 20 heavy (non-hydrogen) atoms. The van der Waals surface area contributed by atoms with Crippen molar-refractivity contribution in [1.82, 2.24) is 15.5 Å². The van der Waals surface area contributed by atoms with E-state index in [2.05, 4.69) is 27.8 Å². The van der Waals surface area contributed by atoms with E-state index in [1.165, 1.54) is 0 Å². The molecule has 0 fully saturated rings. The predicted molar refractivity (Wildman–Crippen MR) is 81.3 cm³/mol. The van der Waals surface area contributed by atoms with E-state index in [0.717, 1.165) is 13.0 Å². The van der Waals surface area contributed by atoms with Crippen LogP contribution in [0.2, 0.25) is 0 Å². The van der Waals surface area contributed by atoms with Gasteiger partial charge in [-0.1, -0.05) is 13.8 Å². The van der Waals surface area contributed by atoms with Crippen LogP contribution in [0.5, 0.6) is 0 Å². The molecular formula is C13H22N4O2S. The summed E-state index contributed by atoms with van der Waals surface area (Å²) in [5, 5.41) is 13.7. The molecule has 0 aliphatic rings. The molecule has 2 N–H and O–H groups in total. The van der Waals surface area contributed by atoms with Gasteiger partial charge in [-0.15, -0.1) is 10.2 Å². The first-order valence-electron chi connectivity index (χ1n) is 6.72. The average molecular weight is 298 g/mol. The Bertz CT molecular complexity index is 450. The van der Waals surface area contributed by atoms with E-state index < -0.39 is 10.8 Å². The molecule has 1 aromatic rings. The number of anilines is 1. The number of hydrogen-bond acceptors (Lipinski definition) is 5. The number of carbonyl (C=O) groups excluding carboxylic acids is 1. The normalized spacial score (nSPS) is 13.6.